The molecule has 0 saturated carbocycles. The van der Waals surface area contributed by atoms with E-state index in [4.69, 9.17) is 0 Å². The zero-order chi connectivity index (χ0) is 15.2. The minimum Gasteiger partial charge on any atom is -0.465 e. The van der Waals surface area contributed by atoms with Crippen molar-refractivity contribution in [3.63, 3.8) is 0 Å². The van der Waals surface area contributed by atoms with Crippen molar-refractivity contribution in [2.45, 2.75) is 0 Å². The molecule has 0 spiro atoms. The van der Waals surface area contributed by atoms with E-state index in [1.54, 1.807) is 42.5 Å². The number of hydrogen-bond acceptors (Lipinski definition) is 5. The van der Waals surface area contributed by atoms with Gasteiger partial charge < -0.3 is 4.74 Å². The Morgan fingerprint density at radius 2 is 1.90 bits per heavy atom. The van der Waals surface area contributed by atoms with Crippen molar-refractivity contribution in [2.75, 3.05) is 7.11 Å². The fraction of sp³-hybridized carbons (Fsp3) is 0.0667. The van der Waals surface area contributed by atoms with E-state index in [2.05, 4.69) is 9.72 Å². The molecule has 0 amide bonds. The second-order valence-electron chi connectivity index (χ2n) is 4.15. The lowest BCUT2D eigenvalue weighted by molar-refractivity contribution is -0.385. The van der Waals surface area contributed by atoms with Crippen LogP contribution >= 0.6 is 0 Å². The van der Waals surface area contributed by atoms with Crippen LogP contribution in [0.15, 0.2) is 42.6 Å². The molecule has 0 radical (unpaired) electrons. The Balaban J connectivity index is 2.10. The molecular formula is C15H12N2O4. The highest BCUT2D eigenvalue weighted by atomic mass is 16.6. The number of ether oxygens (including phenoxy) is 1. The summed E-state index contributed by atoms with van der Waals surface area (Å²) in [6, 6.07) is 9.83. The average Bonchev–Trinajstić information content (AvgIpc) is 2.53. The fourth-order valence-corrected chi connectivity index (χ4v) is 1.63. The smallest absolute Gasteiger partial charge is 0.337 e. The Kier molecular flexibility index (Phi) is 4.40. The number of hydrogen-bond donors (Lipinski definition) is 0. The topological polar surface area (TPSA) is 82.3 Å². The van der Waals surface area contributed by atoms with Gasteiger partial charge in [0.1, 0.15) is 6.20 Å². The second-order valence-corrected chi connectivity index (χ2v) is 4.15. The number of nitrogens with zero attached hydrogens (tertiary/aromatic N) is 2. The third-order valence-electron chi connectivity index (χ3n) is 2.76. The Labute approximate surface area is 120 Å². The van der Waals surface area contributed by atoms with Crippen LogP contribution in [0.2, 0.25) is 0 Å². The predicted molar refractivity (Wildman–Crippen MR) is 77.6 cm³/mol. The average molecular weight is 284 g/mol. The van der Waals surface area contributed by atoms with E-state index in [1.807, 2.05) is 0 Å². The van der Waals surface area contributed by atoms with Crippen LogP contribution in [-0.4, -0.2) is 23.0 Å². The van der Waals surface area contributed by atoms with Gasteiger partial charge >= 0.3 is 5.97 Å². The van der Waals surface area contributed by atoms with Crippen molar-refractivity contribution in [1.29, 1.82) is 0 Å². The molecule has 21 heavy (non-hydrogen) atoms. The molecule has 0 fully saturated rings. The van der Waals surface area contributed by atoms with E-state index in [0.717, 1.165) is 5.56 Å². The van der Waals surface area contributed by atoms with Gasteiger partial charge in [0.25, 0.3) is 5.69 Å². The molecule has 0 bridgehead atoms. The molecule has 0 unspecified atom stereocenters. The quantitative estimate of drug-likeness (QED) is 0.489. The Hall–Kier alpha value is -3.02. The van der Waals surface area contributed by atoms with Gasteiger partial charge in [0.05, 0.1) is 23.3 Å². The third kappa shape index (κ3) is 3.73. The van der Waals surface area contributed by atoms with E-state index in [-0.39, 0.29) is 11.7 Å². The van der Waals surface area contributed by atoms with Crippen LogP contribution < -0.4 is 0 Å². The van der Waals surface area contributed by atoms with E-state index in [0.29, 0.717) is 11.3 Å². The molecule has 0 aliphatic rings. The maximum Gasteiger partial charge on any atom is 0.337 e. The number of methoxy groups -OCH3 is 1. The summed E-state index contributed by atoms with van der Waals surface area (Å²) in [6.07, 6.45) is 4.74. The van der Waals surface area contributed by atoms with Gasteiger partial charge in [-0.1, -0.05) is 18.2 Å². The van der Waals surface area contributed by atoms with E-state index >= 15 is 0 Å². The van der Waals surface area contributed by atoms with Crippen LogP contribution in [0.4, 0.5) is 5.69 Å². The summed E-state index contributed by atoms with van der Waals surface area (Å²) in [6.45, 7) is 0. The minimum atomic E-state index is -0.494. The van der Waals surface area contributed by atoms with Crippen molar-refractivity contribution in [1.82, 2.24) is 4.98 Å². The Morgan fingerprint density at radius 1 is 1.19 bits per heavy atom. The molecule has 2 rings (SSSR count). The lowest BCUT2D eigenvalue weighted by Crippen LogP contribution is -2.00. The van der Waals surface area contributed by atoms with Crippen LogP contribution in [0.5, 0.6) is 0 Å². The van der Waals surface area contributed by atoms with Gasteiger partial charge in [-0.3, -0.25) is 10.1 Å². The molecule has 1 aromatic carbocycles. The van der Waals surface area contributed by atoms with Gasteiger partial charge in [0.15, 0.2) is 0 Å². The maximum absolute atomic E-state index is 11.3. The molecule has 0 atom stereocenters. The molecule has 6 heteroatoms. The van der Waals surface area contributed by atoms with E-state index < -0.39 is 4.92 Å². The third-order valence-corrected chi connectivity index (χ3v) is 2.76. The number of carbonyl (C=O) groups excluding carboxylic acids is 1. The first-order valence-electron chi connectivity index (χ1n) is 6.07. The number of esters is 1. The number of aromatic nitrogens is 1. The van der Waals surface area contributed by atoms with Crippen molar-refractivity contribution >= 4 is 23.8 Å². The van der Waals surface area contributed by atoms with Gasteiger partial charge in [-0.2, -0.15) is 0 Å². The van der Waals surface area contributed by atoms with Gasteiger partial charge in [0.2, 0.25) is 0 Å². The Morgan fingerprint density at radius 3 is 2.43 bits per heavy atom. The SMILES string of the molecule is COC(=O)c1ccc(C=Cc2ccc([N+](=O)[O-])cn2)cc1. The monoisotopic (exact) mass is 284 g/mol. The van der Waals surface area contributed by atoms with Crippen molar-refractivity contribution in [3.8, 4) is 0 Å². The summed E-state index contributed by atoms with van der Waals surface area (Å²) in [5.74, 6) is -0.387. The van der Waals surface area contributed by atoms with Crippen molar-refractivity contribution in [2.24, 2.45) is 0 Å². The van der Waals surface area contributed by atoms with Gasteiger partial charge in [-0.05, 0) is 29.8 Å². The first-order chi connectivity index (χ1) is 10.1. The summed E-state index contributed by atoms with van der Waals surface area (Å²) in [4.78, 5) is 25.3. The summed E-state index contributed by atoms with van der Waals surface area (Å²) in [5.41, 5.74) is 1.91. The summed E-state index contributed by atoms with van der Waals surface area (Å²) in [5, 5.41) is 10.5. The van der Waals surface area contributed by atoms with Crippen molar-refractivity contribution in [3.05, 3.63) is 69.5 Å². The molecule has 1 heterocycles. The summed E-state index contributed by atoms with van der Waals surface area (Å²) < 4.78 is 4.61. The zero-order valence-electron chi connectivity index (χ0n) is 11.2. The van der Waals surface area contributed by atoms with Gasteiger partial charge in [-0.15, -0.1) is 0 Å². The highest BCUT2D eigenvalue weighted by Crippen LogP contribution is 2.12. The van der Waals surface area contributed by atoms with E-state index in [1.165, 1.54) is 19.4 Å². The highest BCUT2D eigenvalue weighted by Gasteiger charge is 2.04. The number of carbonyl (C=O) groups is 1. The van der Waals surface area contributed by atoms with Crippen LogP contribution in [-0.2, 0) is 4.74 Å². The highest BCUT2D eigenvalue weighted by molar-refractivity contribution is 5.89. The first-order valence-corrected chi connectivity index (χ1v) is 6.07. The number of nitro groups is 1. The fourth-order valence-electron chi connectivity index (χ4n) is 1.63. The molecule has 0 aliphatic heterocycles. The van der Waals surface area contributed by atoms with Crippen LogP contribution in [0.3, 0.4) is 0 Å². The van der Waals surface area contributed by atoms with Crippen LogP contribution in [0, 0.1) is 10.1 Å². The largest absolute Gasteiger partial charge is 0.465 e. The first kappa shape index (κ1) is 14.4. The maximum atomic E-state index is 11.3. The molecular weight excluding hydrogens is 272 g/mol. The normalized spacial score (nSPS) is 10.5. The molecule has 0 saturated heterocycles. The molecule has 1 aromatic heterocycles. The predicted octanol–water partition coefficient (Wildman–Crippen LogP) is 2.95. The molecule has 2 aromatic rings. The molecule has 0 aliphatic carbocycles. The molecule has 106 valence electrons. The standard InChI is InChI=1S/C15H12N2O4/c1-21-15(18)12-5-2-11(3-6-12)4-7-13-8-9-14(10-16-13)17(19)20/h2-10H,1H3. The van der Waals surface area contributed by atoms with Gasteiger partial charge in [-0.25, -0.2) is 9.78 Å². The number of benzene rings is 1. The molecule has 0 N–H and O–H groups in total. The van der Waals surface area contributed by atoms with E-state index in [9.17, 15) is 14.9 Å². The van der Waals surface area contributed by atoms with Crippen LogP contribution in [0.1, 0.15) is 21.6 Å². The lowest BCUT2D eigenvalue weighted by Gasteiger charge is -1.99. The lowest BCUT2D eigenvalue weighted by atomic mass is 10.1. The minimum absolute atomic E-state index is 0.0467. The molecule has 6 nitrogen and oxygen atoms in total. The zero-order valence-corrected chi connectivity index (χ0v) is 11.2. The second kappa shape index (κ2) is 6.42. The van der Waals surface area contributed by atoms with Crippen LogP contribution in [0.25, 0.3) is 12.2 Å². The van der Waals surface area contributed by atoms with Gasteiger partial charge in [0, 0.05) is 6.07 Å². The van der Waals surface area contributed by atoms with Crippen molar-refractivity contribution < 1.29 is 14.5 Å². The summed E-state index contributed by atoms with van der Waals surface area (Å²) in [7, 11) is 1.33. The number of pyridine rings is 1. The summed E-state index contributed by atoms with van der Waals surface area (Å²) >= 11 is 0. The Bertz CT molecular complexity index is 676. The number of rotatable bonds is 4.